The highest BCUT2D eigenvalue weighted by Gasteiger charge is 2.19. The number of furan rings is 1. The maximum Gasteiger partial charge on any atom is 0.125 e. The zero-order valence-electron chi connectivity index (χ0n) is 11.8. The van der Waals surface area contributed by atoms with Crippen LogP contribution in [0.2, 0.25) is 0 Å². The van der Waals surface area contributed by atoms with Gasteiger partial charge in [-0.05, 0) is 31.0 Å². The molecule has 0 fully saturated rings. The smallest absolute Gasteiger partial charge is 0.125 e. The maximum absolute atomic E-state index is 5.81. The third-order valence-corrected chi connectivity index (χ3v) is 3.46. The quantitative estimate of drug-likeness (QED) is 0.779. The molecule has 2 aromatic heterocycles. The Labute approximate surface area is 118 Å². The predicted molar refractivity (Wildman–Crippen MR) is 80.7 cm³/mol. The topological polar surface area (TPSA) is 38.1 Å². The van der Waals surface area contributed by atoms with Crippen LogP contribution in [0.4, 0.5) is 0 Å². The first-order valence-corrected chi connectivity index (χ1v) is 6.92. The molecule has 2 heterocycles. The summed E-state index contributed by atoms with van der Waals surface area (Å²) in [5, 5.41) is 5.85. The summed E-state index contributed by atoms with van der Waals surface area (Å²) in [6, 6.07) is 12.4. The Morgan fingerprint density at radius 1 is 1.15 bits per heavy atom. The van der Waals surface area contributed by atoms with Gasteiger partial charge in [-0.15, -0.1) is 0 Å². The van der Waals surface area contributed by atoms with E-state index in [-0.39, 0.29) is 6.04 Å². The van der Waals surface area contributed by atoms with Crippen LogP contribution in [0.3, 0.4) is 0 Å². The molecule has 3 nitrogen and oxygen atoms in total. The Hall–Kier alpha value is -2.13. The van der Waals surface area contributed by atoms with Crippen LogP contribution < -0.4 is 5.32 Å². The van der Waals surface area contributed by atoms with Crippen molar-refractivity contribution >= 4 is 10.8 Å². The molecule has 0 saturated carbocycles. The van der Waals surface area contributed by atoms with E-state index in [4.69, 9.17) is 4.42 Å². The fraction of sp³-hybridized carbons (Fsp3) is 0.235. The number of aromatic nitrogens is 1. The van der Waals surface area contributed by atoms with E-state index in [0.29, 0.717) is 0 Å². The Morgan fingerprint density at radius 2 is 2.00 bits per heavy atom. The monoisotopic (exact) mass is 266 g/mol. The van der Waals surface area contributed by atoms with Crippen molar-refractivity contribution in [2.24, 2.45) is 0 Å². The number of nitrogens with one attached hydrogen (secondary N) is 1. The highest BCUT2D eigenvalue weighted by molar-refractivity contribution is 5.85. The van der Waals surface area contributed by atoms with Gasteiger partial charge in [0.25, 0.3) is 0 Å². The van der Waals surface area contributed by atoms with E-state index in [1.54, 1.807) is 0 Å². The Bertz CT molecular complexity index is 712. The van der Waals surface area contributed by atoms with Gasteiger partial charge in [0.05, 0.1) is 6.04 Å². The number of hydrogen-bond acceptors (Lipinski definition) is 3. The lowest BCUT2D eigenvalue weighted by Gasteiger charge is -2.17. The summed E-state index contributed by atoms with van der Waals surface area (Å²) in [7, 11) is 0. The average molecular weight is 266 g/mol. The second-order valence-corrected chi connectivity index (χ2v) is 4.89. The third kappa shape index (κ3) is 2.32. The Balaban J connectivity index is 2.14. The summed E-state index contributed by atoms with van der Waals surface area (Å²) in [4.78, 5) is 4.37. The fourth-order valence-corrected chi connectivity index (χ4v) is 2.55. The molecule has 0 aliphatic carbocycles. The molecule has 0 aliphatic heterocycles. The molecule has 1 unspecified atom stereocenters. The molecule has 3 heteroatoms. The van der Waals surface area contributed by atoms with E-state index in [2.05, 4.69) is 35.4 Å². The molecule has 3 rings (SSSR count). The number of fused-ring (bicyclic) bond motifs is 1. The van der Waals surface area contributed by atoms with Crippen molar-refractivity contribution in [3.63, 3.8) is 0 Å². The predicted octanol–water partition coefficient (Wildman–Crippen LogP) is 3.84. The lowest BCUT2D eigenvalue weighted by molar-refractivity contribution is 0.435. The summed E-state index contributed by atoms with van der Waals surface area (Å²) in [5.41, 5.74) is 1.15. The van der Waals surface area contributed by atoms with E-state index in [0.717, 1.165) is 29.0 Å². The molecular weight excluding hydrogens is 248 g/mol. The molecule has 0 spiro atoms. The Morgan fingerprint density at radius 3 is 2.75 bits per heavy atom. The van der Waals surface area contributed by atoms with Crippen LogP contribution in [0.1, 0.15) is 30.0 Å². The molecule has 0 radical (unpaired) electrons. The molecule has 1 atom stereocenters. The van der Waals surface area contributed by atoms with Crippen molar-refractivity contribution in [3.05, 3.63) is 65.9 Å². The minimum Gasteiger partial charge on any atom is -0.464 e. The normalized spacial score (nSPS) is 12.7. The highest BCUT2D eigenvalue weighted by atomic mass is 16.3. The van der Waals surface area contributed by atoms with Gasteiger partial charge >= 0.3 is 0 Å². The number of pyridine rings is 1. The maximum atomic E-state index is 5.81. The molecule has 0 amide bonds. The van der Waals surface area contributed by atoms with Gasteiger partial charge in [0.15, 0.2) is 0 Å². The Kier molecular flexibility index (Phi) is 3.52. The van der Waals surface area contributed by atoms with E-state index in [1.165, 1.54) is 5.39 Å². The minimum absolute atomic E-state index is 0.0345. The first-order valence-electron chi connectivity index (χ1n) is 6.92. The van der Waals surface area contributed by atoms with Gasteiger partial charge in [-0.2, -0.15) is 0 Å². The van der Waals surface area contributed by atoms with Crippen molar-refractivity contribution in [2.45, 2.75) is 19.9 Å². The highest BCUT2D eigenvalue weighted by Crippen LogP contribution is 2.29. The number of rotatable bonds is 4. The van der Waals surface area contributed by atoms with Crippen molar-refractivity contribution in [1.29, 1.82) is 0 Å². The third-order valence-electron chi connectivity index (χ3n) is 3.46. The van der Waals surface area contributed by atoms with E-state index < -0.39 is 0 Å². The van der Waals surface area contributed by atoms with Crippen LogP contribution >= 0.6 is 0 Å². The molecule has 0 saturated heterocycles. The summed E-state index contributed by atoms with van der Waals surface area (Å²) in [5.74, 6) is 1.86. The number of nitrogens with zero attached hydrogens (tertiary/aromatic N) is 1. The molecule has 1 N–H and O–H groups in total. The van der Waals surface area contributed by atoms with Gasteiger partial charge in [-0.3, -0.25) is 4.98 Å². The summed E-state index contributed by atoms with van der Waals surface area (Å²) in [6.07, 6.45) is 3.82. The van der Waals surface area contributed by atoms with Crippen LogP contribution in [0.25, 0.3) is 10.8 Å². The average Bonchev–Trinajstić information content (AvgIpc) is 2.91. The summed E-state index contributed by atoms with van der Waals surface area (Å²) >= 11 is 0. The SMILES string of the molecule is CCNC(c1ccc(C)o1)c1cncc2ccccc12. The van der Waals surface area contributed by atoms with Crippen LogP contribution in [0.5, 0.6) is 0 Å². The van der Waals surface area contributed by atoms with Crippen molar-refractivity contribution in [3.8, 4) is 0 Å². The molecule has 102 valence electrons. The van der Waals surface area contributed by atoms with Crippen molar-refractivity contribution in [2.75, 3.05) is 6.54 Å². The first-order chi connectivity index (χ1) is 9.79. The van der Waals surface area contributed by atoms with Gasteiger partial charge in [-0.25, -0.2) is 0 Å². The first kappa shape index (κ1) is 12.9. The standard InChI is InChI=1S/C17H18N2O/c1-3-19-17(16-9-8-12(2)20-16)15-11-18-10-13-6-4-5-7-14(13)15/h4-11,17,19H,3H2,1-2H3. The lowest BCUT2D eigenvalue weighted by atomic mass is 10.00. The zero-order valence-corrected chi connectivity index (χ0v) is 11.8. The second kappa shape index (κ2) is 5.47. The zero-order chi connectivity index (χ0) is 13.9. The number of hydrogen-bond donors (Lipinski definition) is 1. The fourth-order valence-electron chi connectivity index (χ4n) is 2.55. The molecule has 20 heavy (non-hydrogen) atoms. The molecular formula is C17H18N2O. The van der Waals surface area contributed by atoms with Gasteiger partial charge in [0.2, 0.25) is 0 Å². The molecule has 1 aromatic carbocycles. The van der Waals surface area contributed by atoms with Crippen molar-refractivity contribution < 1.29 is 4.42 Å². The van der Waals surface area contributed by atoms with Crippen molar-refractivity contribution in [1.82, 2.24) is 10.3 Å². The lowest BCUT2D eigenvalue weighted by Crippen LogP contribution is -2.22. The molecule has 0 bridgehead atoms. The van der Waals surface area contributed by atoms with Gasteiger partial charge in [0.1, 0.15) is 11.5 Å². The van der Waals surface area contributed by atoms with Crippen LogP contribution in [-0.4, -0.2) is 11.5 Å². The summed E-state index contributed by atoms with van der Waals surface area (Å²) in [6.45, 7) is 4.93. The molecule has 0 aliphatic rings. The van der Waals surface area contributed by atoms with E-state index in [9.17, 15) is 0 Å². The number of benzene rings is 1. The van der Waals surface area contributed by atoms with Crippen LogP contribution in [0, 0.1) is 6.92 Å². The van der Waals surface area contributed by atoms with Gasteiger partial charge < -0.3 is 9.73 Å². The number of aryl methyl sites for hydroxylation is 1. The van der Waals surface area contributed by atoms with Crippen LogP contribution in [-0.2, 0) is 0 Å². The van der Waals surface area contributed by atoms with E-state index in [1.807, 2.05) is 37.5 Å². The molecule has 3 aromatic rings. The summed E-state index contributed by atoms with van der Waals surface area (Å²) < 4.78 is 5.81. The minimum atomic E-state index is 0.0345. The largest absolute Gasteiger partial charge is 0.464 e. The van der Waals surface area contributed by atoms with Crippen LogP contribution in [0.15, 0.2) is 53.2 Å². The van der Waals surface area contributed by atoms with Gasteiger partial charge in [0, 0.05) is 23.3 Å². The second-order valence-electron chi connectivity index (χ2n) is 4.89. The van der Waals surface area contributed by atoms with E-state index >= 15 is 0 Å². The van der Waals surface area contributed by atoms with Gasteiger partial charge in [-0.1, -0.05) is 31.2 Å².